The largest absolute Gasteiger partial charge is 0.339 e. The molecular formula is C13H25N3O. The molecule has 4 nitrogen and oxygen atoms in total. The number of amides is 1. The summed E-state index contributed by atoms with van der Waals surface area (Å²) in [6, 6.07) is 0.806. The first-order valence-electron chi connectivity index (χ1n) is 6.86. The van der Waals surface area contributed by atoms with E-state index in [1.807, 2.05) is 4.90 Å². The quantitative estimate of drug-likeness (QED) is 0.741. The maximum atomic E-state index is 12.5. The van der Waals surface area contributed by atoms with E-state index < -0.39 is 0 Å². The van der Waals surface area contributed by atoms with Gasteiger partial charge < -0.3 is 16.0 Å². The highest BCUT2D eigenvalue weighted by Crippen LogP contribution is 2.32. The number of nitrogens with zero attached hydrogens (tertiary/aromatic N) is 1. The molecule has 1 saturated heterocycles. The third kappa shape index (κ3) is 2.80. The Bertz CT molecular complexity index is 272. The zero-order valence-electron chi connectivity index (χ0n) is 11.0. The Morgan fingerprint density at radius 1 is 1.29 bits per heavy atom. The zero-order chi connectivity index (χ0) is 12.4. The van der Waals surface area contributed by atoms with Crippen LogP contribution >= 0.6 is 0 Å². The molecule has 1 saturated carbocycles. The van der Waals surface area contributed by atoms with Crippen LogP contribution in [-0.4, -0.2) is 42.5 Å². The molecule has 4 atom stereocenters. The summed E-state index contributed by atoms with van der Waals surface area (Å²) >= 11 is 0. The number of carbonyl (C=O) groups is 1. The molecule has 17 heavy (non-hydrogen) atoms. The maximum absolute atomic E-state index is 12.5. The molecule has 0 aromatic carbocycles. The molecule has 2 unspecified atom stereocenters. The van der Waals surface area contributed by atoms with Gasteiger partial charge in [-0.1, -0.05) is 6.42 Å². The van der Waals surface area contributed by atoms with Crippen LogP contribution < -0.4 is 11.1 Å². The number of hydrogen-bond donors (Lipinski definition) is 2. The van der Waals surface area contributed by atoms with Gasteiger partial charge in [-0.15, -0.1) is 0 Å². The highest BCUT2D eigenvalue weighted by Gasteiger charge is 2.36. The lowest BCUT2D eigenvalue weighted by Gasteiger charge is -2.38. The first kappa shape index (κ1) is 12.8. The monoisotopic (exact) mass is 239 g/mol. The highest BCUT2D eigenvalue weighted by atomic mass is 16.2. The molecule has 2 aliphatic rings. The minimum absolute atomic E-state index is 0.192. The standard InChI is InChI=1S/C13H25N3O/c1-9-7-16(8-10(2)15-9)13(17)12-5-3-4-11(12)6-14/h9-12,15H,3-8,14H2,1-2H3/t9?,10?,11-,12-/m1/s1. The normalized spacial score (nSPS) is 38.4. The summed E-state index contributed by atoms with van der Waals surface area (Å²) in [6.45, 7) is 6.64. The average Bonchev–Trinajstić information content (AvgIpc) is 2.74. The molecule has 0 aromatic rings. The van der Waals surface area contributed by atoms with Gasteiger partial charge in [-0.3, -0.25) is 4.79 Å². The van der Waals surface area contributed by atoms with Crippen molar-refractivity contribution in [1.82, 2.24) is 10.2 Å². The van der Waals surface area contributed by atoms with Crippen molar-refractivity contribution in [3.8, 4) is 0 Å². The van der Waals surface area contributed by atoms with Gasteiger partial charge in [-0.25, -0.2) is 0 Å². The predicted molar refractivity (Wildman–Crippen MR) is 68.5 cm³/mol. The predicted octanol–water partition coefficient (Wildman–Crippen LogP) is 0.570. The van der Waals surface area contributed by atoms with Crippen LogP contribution in [-0.2, 0) is 4.79 Å². The van der Waals surface area contributed by atoms with Crippen LogP contribution in [0.4, 0.5) is 0 Å². The summed E-state index contributed by atoms with van der Waals surface area (Å²) in [5.74, 6) is 0.957. The lowest BCUT2D eigenvalue weighted by molar-refractivity contribution is -0.138. The maximum Gasteiger partial charge on any atom is 0.226 e. The fraction of sp³-hybridized carbons (Fsp3) is 0.923. The minimum Gasteiger partial charge on any atom is -0.339 e. The van der Waals surface area contributed by atoms with Gasteiger partial charge >= 0.3 is 0 Å². The molecule has 98 valence electrons. The molecule has 1 aliphatic carbocycles. The van der Waals surface area contributed by atoms with E-state index in [9.17, 15) is 4.79 Å². The first-order chi connectivity index (χ1) is 8.11. The zero-order valence-corrected chi connectivity index (χ0v) is 11.0. The van der Waals surface area contributed by atoms with Crippen molar-refractivity contribution >= 4 is 5.91 Å². The Morgan fingerprint density at radius 2 is 1.94 bits per heavy atom. The van der Waals surface area contributed by atoms with E-state index >= 15 is 0 Å². The van der Waals surface area contributed by atoms with Crippen LogP contribution in [0.5, 0.6) is 0 Å². The van der Waals surface area contributed by atoms with E-state index in [1.54, 1.807) is 0 Å². The van der Waals surface area contributed by atoms with E-state index in [2.05, 4.69) is 19.2 Å². The Kier molecular flexibility index (Phi) is 4.05. The van der Waals surface area contributed by atoms with E-state index in [-0.39, 0.29) is 5.92 Å². The van der Waals surface area contributed by atoms with Crippen LogP contribution in [0.15, 0.2) is 0 Å². The molecule has 3 N–H and O–H groups in total. The fourth-order valence-electron chi connectivity index (χ4n) is 3.39. The van der Waals surface area contributed by atoms with Gasteiger partial charge in [0.15, 0.2) is 0 Å². The number of nitrogens with two attached hydrogens (primary N) is 1. The molecule has 0 bridgehead atoms. The van der Waals surface area contributed by atoms with Gasteiger partial charge in [0.05, 0.1) is 0 Å². The Morgan fingerprint density at radius 3 is 2.53 bits per heavy atom. The summed E-state index contributed by atoms with van der Waals surface area (Å²) < 4.78 is 0. The smallest absolute Gasteiger partial charge is 0.226 e. The Hall–Kier alpha value is -0.610. The van der Waals surface area contributed by atoms with Gasteiger partial charge in [0.2, 0.25) is 5.91 Å². The molecule has 1 aliphatic heterocycles. The number of hydrogen-bond acceptors (Lipinski definition) is 3. The van der Waals surface area contributed by atoms with Crippen molar-refractivity contribution in [2.45, 2.75) is 45.2 Å². The summed E-state index contributed by atoms with van der Waals surface area (Å²) in [5, 5.41) is 3.46. The van der Waals surface area contributed by atoms with E-state index in [0.29, 0.717) is 30.5 Å². The Balaban J connectivity index is 1.99. The molecule has 2 rings (SSSR count). The second-order valence-electron chi connectivity index (χ2n) is 5.75. The van der Waals surface area contributed by atoms with Gasteiger partial charge in [0, 0.05) is 31.1 Å². The molecule has 1 amide bonds. The van der Waals surface area contributed by atoms with Crippen molar-refractivity contribution < 1.29 is 4.79 Å². The summed E-state index contributed by atoms with van der Waals surface area (Å²) in [5.41, 5.74) is 5.76. The second-order valence-corrected chi connectivity index (χ2v) is 5.75. The van der Waals surface area contributed by atoms with E-state index in [1.165, 1.54) is 0 Å². The molecule has 1 heterocycles. The van der Waals surface area contributed by atoms with Crippen molar-refractivity contribution in [2.75, 3.05) is 19.6 Å². The molecule has 0 aromatic heterocycles. The van der Waals surface area contributed by atoms with E-state index in [0.717, 1.165) is 32.4 Å². The third-order valence-electron chi connectivity index (χ3n) is 4.15. The van der Waals surface area contributed by atoms with Crippen molar-refractivity contribution in [3.05, 3.63) is 0 Å². The topological polar surface area (TPSA) is 58.4 Å². The fourth-order valence-corrected chi connectivity index (χ4v) is 3.39. The molecule has 0 radical (unpaired) electrons. The van der Waals surface area contributed by atoms with Crippen molar-refractivity contribution in [2.24, 2.45) is 17.6 Å². The molecule has 2 fully saturated rings. The Labute approximate surface area is 104 Å². The number of carbonyl (C=O) groups excluding carboxylic acids is 1. The number of rotatable bonds is 2. The van der Waals surface area contributed by atoms with Crippen LogP contribution in [0.25, 0.3) is 0 Å². The molecule has 4 heteroatoms. The third-order valence-corrected chi connectivity index (χ3v) is 4.15. The lowest BCUT2D eigenvalue weighted by atomic mass is 9.94. The van der Waals surface area contributed by atoms with Gasteiger partial charge in [0.1, 0.15) is 0 Å². The number of piperazine rings is 1. The van der Waals surface area contributed by atoms with Gasteiger partial charge in [-0.05, 0) is 39.2 Å². The van der Waals surface area contributed by atoms with Crippen LogP contribution in [0.2, 0.25) is 0 Å². The second kappa shape index (κ2) is 5.36. The average molecular weight is 239 g/mol. The summed E-state index contributed by atoms with van der Waals surface area (Å²) in [7, 11) is 0. The minimum atomic E-state index is 0.192. The van der Waals surface area contributed by atoms with Crippen LogP contribution in [0.3, 0.4) is 0 Å². The molecule has 0 spiro atoms. The van der Waals surface area contributed by atoms with E-state index in [4.69, 9.17) is 5.73 Å². The van der Waals surface area contributed by atoms with Crippen molar-refractivity contribution in [1.29, 1.82) is 0 Å². The van der Waals surface area contributed by atoms with Gasteiger partial charge in [-0.2, -0.15) is 0 Å². The lowest BCUT2D eigenvalue weighted by Crippen LogP contribution is -2.57. The first-order valence-corrected chi connectivity index (χ1v) is 6.86. The highest BCUT2D eigenvalue weighted by molar-refractivity contribution is 5.79. The van der Waals surface area contributed by atoms with Crippen LogP contribution in [0.1, 0.15) is 33.1 Å². The van der Waals surface area contributed by atoms with Crippen molar-refractivity contribution in [3.63, 3.8) is 0 Å². The van der Waals surface area contributed by atoms with Gasteiger partial charge in [0.25, 0.3) is 0 Å². The SMILES string of the molecule is CC1CN(C(=O)[C@@H]2CCC[C@@H]2CN)CC(C)N1. The number of nitrogens with one attached hydrogen (secondary N) is 1. The van der Waals surface area contributed by atoms with Crippen LogP contribution in [0, 0.1) is 11.8 Å². The summed E-state index contributed by atoms with van der Waals surface area (Å²) in [4.78, 5) is 14.5. The summed E-state index contributed by atoms with van der Waals surface area (Å²) in [6.07, 6.45) is 3.33. The molecular weight excluding hydrogens is 214 g/mol.